The average molecular weight is 388 g/mol. The molecule has 0 atom stereocenters. The first kappa shape index (κ1) is 18.6. The molecule has 0 radical (unpaired) electrons. The van der Waals surface area contributed by atoms with Crippen LogP contribution in [0.3, 0.4) is 0 Å². The number of Topliss-reactive ketones (excluding diaryl/α,β-unsaturated/α-hetero) is 1. The van der Waals surface area contributed by atoms with Gasteiger partial charge in [-0.2, -0.15) is 0 Å². The molecule has 0 fully saturated rings. The highest BCUT2D eigenvalue weighted by atomic mass is 35.5. The van der Waals surface area contributed by atoms with Crippen LogP contribution in [-0.4, -0.2) is 33.3 Å². The Hall–Kier alpha value is -1.74. The predicted molar refractivity (Wildman–Crippen MR) is 90.9 cm³/mol. The molecule has 24 heavy (non-hydrogen) atoms. The van der Waals surface area contributed by atoms with Gasteiger partial charge in [-0.3, -0.25) is 9.59 Å². The van der Waals surface area contributed by atoms with Crippen LogP contribution in [0.1, 0.15) is 16.1 Å². The van der Waals surface area contributed by atoms with Crippen LogP contribution >= 0.6 is 22.9 Å². The van der Waals surface area contributed by atoms with Crippen LogP contribution in [0.2, 0.25) is 4.34 Å². The van der Waals surface area contributed by atoms with Gasteiger partial charge in [0.1, 0.15) is 0 Å². The highest BCUT2D eigenvalue weighted by molar-refractivity contribution is 7.89. The second kappa shape index (κ2) is 8.39. The summed E-state index contributed by atoms with van der Waals surface area (Å²) in [6.45, 7) is -0.518. The lowest BCUT2D eigenvalue weighted by atomic mass is 10.3. The lowest BCUT2D eigenvalue weighted by Gasteiger charge is -2.06. The summed E-state index contributed by atoms with van der Waals surface area (Å²) in [5.41, 5.74) is 0. The van der Waals surface area contributed by atoms with E-state index in [-0.39, 0.29) is 23.6 Å². The zero-order valence-corrected chi connectivity index (χ0v) is 14.8. The first-order valence-corrected chi connectivity index (χ1v) is 9.55. The number of halogens is 1. The monoisotopic (exact) mass is 387 g/mol. The van der Waals surface area contributed by atoms with Gasteiger partial charge in [0.05, 0.1) is 20.5 Å². The summed E-state index contributed by atoms with van der Waals surface area (Å²) in [4.78, 5) is 23.8. The fraction of sp³-hybridized carbons (Fsp3) is 0.200. The molecule has 1 aromatic carbocycles. The van der Waals surface area contributed by atoms with Crippen LogP contribution in [0.15, 0.2) is 47.4 Å². The van der Waals surface area contributed by atoms with E-state index in [1.807, 2.05) is 0 Å². The van der Waals surface area contributed by atoms with Crippen molar-refractivity contribution < 1.29 is 22.7 Å². The quantitative estimate of drug-likeness (QED) is 0.555. The van der Waals surface area contributed by atoms with Crippen molar-refractivity contribution in [3.05, 3.63) is 51.7 Å². The van der Waals surface area contributed by atoms with Crippen molar-refractivity contribution in [3.63, 3.8) is 0 Å². The largest absolute Gasteiger partial charge is 0.457 e. The van der Waals surface area contributed by atoms with Crippen molar-refractivity contribution >= 4 is 44.7 Å². The van der Waals surface area contributed by atoms with E-state index in [4.69, 9.17) is 16.3 Å². The number of nitrogens with one attached hydrogen (secondary N) is 1. The molecule has 0 aliphatic carbocycles. The number of carbonyl (C=O) groups is 2. The zero-order chi connectivity index (χ0) is 17.6. The molecule has 0 saturated heterocycles. The molecule has 2 aromatic rings. The van der Waals surface area contributed by atoms with E-state index < -0.39 is 22.6 Å². The topological polar surface area (TPSA) is 89.5 Å². The zero-order valence-electron chi connectivity index (χ0n) is 12.4. The Labute approximate surface area is 148 Å². The van der Waals surface area contributed by atoms with E-state index in [1.54, 1.807) is 30.3 Å². The maximum absolute atomic E-state index is 11.9. The minimum absolute atomic E-state index is 0.114. The number of carbonyl (C=O) groups excluding carboxylic acids is 2. The van der Waals surface area contributed by atoms with Crippen molar-refractivity contribution in [2.24, 2.45) is 0 Å². The molecule has 1 N–H and O–H groups in total. The number of hydrogen-bond donors (Lipinski definition) is 1. The lowest BCUT2D eigenvalue weighted by molar-refractivity contribution is -0.142. The summed E-state index contributed by atoms with van der Waals surface area (Å²) in [5, 5.41) is 0. The Morgan fingerprint density at radius 3 is 2.46 bits per heavy atom. The fourth-order valence-corrected chi connectivity index (χ4v) is 3.74. The highest BCUT2D eigenvalue weighted by Crippen LogP contribution is 2.21. The Kier molecular flexibility index (Phi) is 6.50. The third kappa shape index (κ3) is 5.41. The van der Waals surface area contributed by atoms with Crippen LogP contribution in [0.25, 0.3) is 0 Å². The molecular formula is C15H14ClNO5S2. The molecule has 0 amide bonds. The van der Waals surface area contributed by atoms with Gasteiger partial charge < -0.3 is 4.74 Å². The van der Waals surface area contributed by atoms with Gasteiger partial charge in [0.2, 0.25) is 15.8 Å². The van der Waals surface area contributed by atoms with E-state index in [1.165, 1.54) is 12.1 Å². The van der Waals surface area contributed by atoms with Gasteiger partial charge in [0.25, 0.3) is 0 Å². The van der Waals surface area contributed by atoms with Crippen molar-refractivity contribution in [1.82, 2.24) is 4.72 Å². The van der Waals surface area contributed by atoms with Crippen molar-refractivity contribution in [2.45, 2.75) is 11.3 Å². The molecule has 0 spiro atoms. The summed E-state index contributed by atoms with van der Waals surface area (Å²) in [6, 6.07) is 10.9. The fourth-order valence-electron chi connectivity index (χ4n) is 1.72. The smallest absolute Gasteiger partial charge is 0.307 e. The van der Waals surface area contributed by atoms with Crippen molar-refractivity contribution in [1.29, 1.82) is 0 Å². The summed E-state index contributed by atoms with van der Waals surface area (Å²) < 4.78 is 31.5. The van der Waals surface area contributed by atoms with Crippen LogP contribution < -0.4 is 4.72 Å². The second-order valence-electron chi connectivity index (χ2n) is 4.65. The van der Waals surface area contributed by atoms with Gasteiger partial charge in [-0.1, -0.05) is 29.8 Å². The molecule has 0 aliphatic rings. The molecule has 1 heterocycles. The van der Waals surface area contributed by atoms with Crippen LogP contribution in [0.4, 0.5) is 0 Å². The van der Waals surface area contributed by atoms with Gasteiger partial charge >= 0.3 is 5.97 Å². The van der Waals surface area contributed by atoms with E-state index >= 15 is 0 Å². The molecule has 128 valence electrons. The molecule has 1 aromatic heterocycles. The SMILES string of the molecule is O=C(CCNS(=O)(=O)c1ccccc1)OCC(=O)c1ccc(Cl)s1. The van der Waals surface area contributed by atoms with E-state index in [0.717, 1.165) is 11.3 Å². The van der Waals surface area contributed by atoms with Gasteiger partial charge in [0.15, 0.2) is 6.61 Å². The number of hydrogen-bond acceptors (Lipinski definition) is 6. The number of ether oxygens (including phenoxy) is 1. The number of esters is 1. The van der Waals surface area contributed by atoms with Gasteiger partial charge in [0, 0.05) is 6.54 Å². The molecule has 0 unspecified atom stereocenters. The number of benzene rings is 1. The molecule has 0 aliphatic heterocycles. The van der Waals surface area contributed by atoms with Crippen LogP contribution in [0, 0.1) is 0 Å². The molecule has 0 bridgehead atoms. The number of sulfonamides is 1. The number of rotatable bonds is 8. The van der Waals surface area contributed by atoms with E-state index in [2.05, 4.69) is 4.72 Å². The third-order valence-corrected chi connectivity index (χ3v) is 5.64. The number of thiophene rings is 1. The highest BCUT2D eigenvalue weighted by Gasteiger charge is 2.15. The van der Waals surface area contributed by atoms with E-state index in [9.17, 15) is 18.0 Å². The standard InChI is InChI=1S/C15H14ClNO5S2/c16-14-7-6-13(23-14)12(18)10-22-15(19)8-9-17-24(20,21)11-4-2-1-3-5-11/h1-7,17H,8-10H2. The maximum Gasteiger partial charge on any atom is 0.307 e. The molecular weight excluding hydrogens is 374 g/mol. The molecule has 6 nitrogen and oxygen atoms in total. The van der Waals surface area contributed by atoms with Gasteiger partial charge in [-0.25, -0.2) is 13.1 Å². The molecule has 9 heteroatoms. The Morgan fingerprint density at radius 1 is 1.12 bits per heavy atom. The minimum Gasteiger partial charge on any atom is -0.457 e. The van der Waals surface area contributed by atoms with Crippen LogP contribution in [0.5, 0.6) is 0 Å². The maximum atomic E-state index is 11.9. The first-order chi connectivity index (χ1) is 11.4. The van der Waals surface area contributed by atoms with Crippen molar-refractivity contribution in [2.75, 3.05) is 13.2 Å². The minimum atomic E-state index is -3.67. The average Bonchev–Trinajstić information content (AvgIpc) is 3.00. The first-order valence-electron chi connectivity index (χ1n) is 6.87. The summed E-state index contributed by atoms with van der Waals surface area (Å²) >= 11 is 6.82. The van der Waals surface area contributed by atoms with Crippen LogP contribution in [-0.2, 0) is 19.6 Å². The van der Waals surface area contributed by atoms with Gasteiger partial charge in [-0.15, -0.1) is 11.3 Å². The summed E-state index contributed by atoms with van der Waals surface area (Å²) in [7, 11) is -3.67. The third-order valence-electron chi connectivity index (χ3n) is 2.89. The Bertz CT molecular complexity index is 817. The normalized spacial score (nSPS) is 11.2. The Morgan fingerprint density at radius 2 is 1.83 bits per heavy atom. The van der Waals surface area contributed by atoms with Gasteiger partial charge in [-0.05, 0) is 24.3 Å². The molecule has 2 rings (SSSR count). The van der Waals surface area contributed by atoms with Crippen molar-refractivity contribution in [3.8, 4) is 0 Å². The number of ketones is 1. The second-order valence-corrected chi connectivity index (χ2v) is 8.13. The lowest BCUT2D eigenvalue weighted by Crippen LogP contribution is -2.27. The predicted octanol–water partition coefficient (Wildman–Crippen LogP) is 2.50. The summed E-state index contributed by atoms with van der Waals surface area (Å²) in [5.74, 6) is -1.02. The van der Waals surface area contributed by atoms with E-state index in [0.29, 0.717) is 9.21 Å². The molecule has 0 saturated carbocycles. The summed E-state index contributed by atoms with van der Waals surface area (Å²) in [6.07, 6.45) is -0.176. The Balaban J connectivity index is 1.74.